The smallest absolute Gasteiger partial charge is 0.194 e. The van der Waals surface area contributed by atoms with Crippen molar-refractivity contribution in [3.63, 3.8) is 0 Å². The summed E-state index contributed by atoms with van der Waals surface area (Å²) in [5.41, 5.74) is 2.79. The van der Waals surface area contributed by atoms with Gasteiger partial charge in [-0.25, -0.2) is 9.98 Å². The molecule has 3 heterocycles. The number of Topliss-reactive ketones (excluding diaryl/α,β-unsaturated/α-hetero) is 1. The summed E-state index contributed by atoms with van der Waals surface area (Å²) in [6.45, 7) is 4.25. The molecule has 0 bridgehead atoms. The number of aliphatic imine (C=N–C) groups is 1. The van der Waals surface area contributed by atoms with Gasteiger partial charge in [-0.1, -0.05) is 6.08 Å². The fourth-order valence-corrected chi connectivity index (χ4v) is 3.49. The summed E-state index contributed by atoms with van der Waals surface area (Å²) < 4.78 is 0. The van der Waals surface area contributed by atoms with Crippen LogP contribution in [0.25, 0.3) is 10.2 Å². The highest BCUT2D eigenvalue weighted by atomic mass is 32.1. The SMILES string of the molecule is C/C=C(\C)N1C=Nc2c(sc3nccc(N(C)C)c23)C(=O)C1. The number of nitrogens with zero attached hydrogens (tertiary/aromatic N) is 4. The molecular weight excluding hydrogens is 296 g/mol. The lowest BCUT2D eigenvalue weighted by atomic mass is 10.2. The van der Waals surface area contributed by atoms with Gasteiger partial charge in [-0.3, -0.25) is 4.79 Å². The third-order valence-corrected chi connectivity index (χ3v) is 4.92. The first-order chi connectivity index (χ1) is 10.5. The maximum absolute atomic E-state index is 12.6. The van der Waals surface area contributed by atoms with Gasteiger partial charge >= 0.3 is 0 Å². The Labute approximate surface area is 133 Å². The number of thiophene rings is 1. The Hall–Kier alpha value is -2.21. The number of carbonyl (C=O) groups is 1. The zero-order valence-corrected chi connectivity index (χ0v) is 13.9. The summed E-state index contributed by atoms with van der Waals surface area (Å²) in [6, 6.07) is 1.95. The van der Waals surface area contributed by atoms with E-state index in [9.17, 15) is 4.79 Å². The molecule has 0 aliphatic carbocycles. The number of carbonyl (C=O) groups excluding carboxylic acids is 1. The van der Waals surface area contributed by atoms with Crippen molar-refractivity contribution in [2.75, 3.05) is 25.5 Å². The highest BCUT2D eigenvalue weighted by Crippen LogP contribution is 2.42. The van der Waals surface area contributed by atoms with Crippen molar-refractivity contribution < 1.29 is 4.79 Å². The van der Waals surface area contributed by atoms with E-state index >= 15 is 0 Å². The summed E-state index contributed by atoms with van der Waals surface area (Å²) in [5.74, 6) is 0.0846. The molecule has 0 saturated heterocycles. The number of rotatable bonds is 2. The number of ketones is 1. The number of anilines is 1. The predicted octanol–water partition coefficient (Wildman–Crippen LogP) is 3.44. The minimum absolute atomic E-state index is 0.0846. The molecule has 6 heteroatoms. The van der Waals surface area contributed by atoms with Gasteiger partial charge in [-0.15, -0.1) is 11.3 Å². The molecule has 22 heavy (non-hydrogen) atoms. The van der Waals surface area contributed by atoms with Crippen LogP contribution in [0.3, 0.4) is 0 Å². The maximum Gasteiger partial charge on any atom is 0.194 e. The molecule has 0 unspecified atom stereocenters. The minimum Gasteiger partial charge on any atom is -0.377 e. The van der Waals surface area contributed by atoms with E-state index in [2.05, 4.69) is 9.98 Å². The van der Waals surface area contributed by atoms with Gasteiger partial charge in [0, 0.05) is 26.0 Å². The molecule has 0 N–H and O–H groups in total. The quantitative estimate of drug-likeness (QED) is 0.852. The molecule has 0 saturated carbocycles. The standard InChI is InChI=1S/C16H18N4OS/c1-5-10(2)20-8-12(21)15-14(18-9-20)13-11(19(3)4)6-7-17-16(13)22-15/h5-7,9H,8H2,1-4H3/b10-5+. The number of hydrogen-bond donors (Lipinski definition) is 0. The molecule has 0 amide bonds. The Morgan fingerprint density at radius 2 is 2.23 bits per heavy atom. The van der Waals surface area contributed by atoms with Crippen molar-refractivity contribution >= 4 is 45.0 Å². The molecule has 0 fully saturated rings. The summed E-state index contributed by atoms with van der Waals surface area (Å²) in [6.07, 6.45) is 5.50. The first kappa shape index (κ1) is 14.7. The monoisotopic (exact) mass is 314 g/mol. The first-order valence-corrected chi connectivity index (χ1v) is 7.90. The highest BCUT2D eigenvalue weighted by molar-refractivity contribution is 7.21. The topological polar surface area (TPSA) is 48.8 Å². The molecule has 2 aromatic rings. The maximum atomic E-state index is 12.6. The Kier molecular flexibility index (Phi) is 3.70. The van der Waals surface area contributed by atoms with E-state index < -0.39 is 0 Å². The fraction of sp³-hybridized carbons (Fsp3) is 0.312. The van der Waals surface area contributed by atoms with Crippen LogP contribution >= 0.6 is 11.3 Å². The third-order valence-electron chi connectivity index (χ3n) is 3.79. The minimum atomic E-state index is 0.0846. The molecule has 5 nitrogen and oxygen atoms in total. The molecule has 0 atom stereocenters. The van der Waals surface area contributed by atoms with E-state index in [1.54, 1.807) is 12.5 Å². The number of aromatic nitrogens is 1. The van der Waals surface area contributed by atoms with Crippen LogP contribution in [0, 0.1) is 0 Å². The molecule has 114 valence electrons. The van der Waals surface area contributed by atoms with E-state index in [0.717, 1.165) is 27.3 Å². The van der Waals surface area contributed by atoms with Gasteiger partial charge in [0.1, 0.15) is 9.71 Å². The van der Waals surface area contributed by atoms with Crippen LogP contribution < -0.4 is 4.90 Å². The second kappa shape index (κ2) is 5.53. The average molecular weight is 314 g/mol. The molecule has 1 aliphatic rings. The molecule has 0 aromatic carbocycles. The molecule has 2 aromatic heterocycles. The van der Waals surface area contributed by atoms with Gasteiger partial charge in [-0.05, 0) is 19.9 Å². The van der Waals surface area contributed by atoms with Crippen molar-refractivity contribution in [2.45, 2.75) is 13.8 Å². The van der Waals surface area contributed by atoms with Crippen LogP contribution in [0.5, 0.6) is 0 Å². The summed E-state index contributed by atoms with van der Waals surface area (Å²) in [4.78, 5) is 27.1. The number of pyridine rings is 1. The predicted molar refractivity (Wildman–Crippen MR) is 92.6 cm³/mol. The number of hydrogen-bond acceptors (Lipinski definition) is 6. The van der Waals surface area contributed by atoms with Crippen LogP contribution in [-0.2, 0) is 0 Å². The van der Waals surface area contributed by atoms with E-state index in [4.69, 9.17) is 0 Å². The van der Waals surface area contributed by atoms with Crippen LogP contribution in [0.4, 0.5) is 11.4 Å². The summed E-state index contributed by atoms with van der Waals surface area (Å²) >= 11 is 1.43. The number of allylic oxidation sites excluding steroid dienone is 2. The van der Waals surface area contributed by atoms with Gasteiger partial charge in [0.15, 0.2) is 5.78 Å². The van der Waals surface area contributed by atoms with Crippen molar-refractivity contribution in [1.82, 2.24) is 9.88 Å². The van der Waals surface area contributed by atoms with Crippen molar-refractivity contribution in [3.05, 3.63) is 28.9 Å². The van der Waals surface area contributed by atoms with E-state index in [1.165, 1.54) is 11.3 Å². The van der Waals surface area contributed by atoms with Gasteiger partial charge < -0.3 is 9.80 Å². The molecule has 0 spiro atoms. The van der Waals surface area contributed by atoms with Gasteiger partial charge in [0.2, 0.25) is 0 Å². The largest absolute Gasteiger partial charge is 0.377 e. The van der Waals surface area contributed by atoms with Gasteiger partial charge in [-0.2, -0.15) is 0 Å². The molecule has 0 radical (unpaired) electrons. The Balaban J connectivity index is 2.23. The second-order valence-corrected chi connectivity index (χ2v) is 6.41. The van der Waals surface area contributed by atoms with Crippen molar-refractivity contribution in [2.24, 2.45) is 4.99 Å². The van der Waals surface area contributed by atoms with Gasteiger partial charge in [0.05, 0.1) is 29.6 Å². The summed E-state index contributed by atoms with van der Waals surface area (Å²) in [5, 5.41) is 0.956. The second-order valence-electron chi connectivity index (χ2n) is 5.41. The van der Waals surface area contributed by atoms with Gasteiger partial charge in [0.25, 0.3) is 0 Å². The Bertz CT molecular complexity index is 804. The molecule has 3 rings (SSSR count). The van der Waals surface area contributed by atoms with E-state index in [0.29, 0.717) is 11.4 Å². The van der Waals surface area contributed by atoms with E-state index in [-0.39, 0.29) is 5.78 Å². The summed E-state index contributed by atoms with van der Waals surface area (Å²) in [7, 11) is 3.97. The molecular formula is C16H18N4OS. The average Bonchev–Trinajstić information content (AvgIpc) is 2.81. The highest BCUT2D eigenvalue weighted by Gasteiger charge is 2.25. The molecule has 1 aliphatic heterocycles. The van der Waals surface area contributed by atoms with Crippen LogP contribution in [0.1, 0.15) is 23.5 Å². The van der Waals surface area contributed by atoms with Crippen LogP contribution in [-0.4, -0.2) is 42.6 Å². The fourth-order valence-electron chi connectivity index (χ4n) is 2.45. The van der Waals surface area contributed by atoms with Crippen molar-refractivity contribution in [1.29, 1.82) is 0 Å². The first-order valence-electron chi connectivity index (χ1n) is 7.08. The zero-order chi connectivity index (χ0) is 15.9. The number of fused-ring (bicyclic) bond motifs is 3. The Morgan fingerprint density at radius 1 is 1.45 bits per heavy atom. The lowest BCUT2D eigenvalue weighted by molar-refractivity contribution is 0.0979. The lowest BCUT2D eigenvalue weighted by Gasteiger charge is -2.17. The van der Waals surface area contributed by atoms with Crippen molar-refractivity contribution in [3.8, 4) is 0 Å². The van der Waals surface area contributed by atoms with Crippen LogP contribution in [0.15, 0.2) is 29.0 Å². The lowest BCUT2D eigenvalue weighted by Crippen LogP contribution is -2.25. The Morgan fingerprint density at radius 3 is 2.91 bits per heavy atom. The normalized spacial score (nSPS) is 15.2. The third kappa shape index (κ3) is 2.29. The zero-order valence-electron chi connectivity index (χ0n) is 13.1. The van der Waals surface area contributed by atoms with E-state index in [1.807, 2.05) is 49.9 Å². The van der Waals surface area contributed by atoms with Crippen LogP contribution in [0.2, 0.25) is 0 Å².